The molecule has 0 bridgehead atoms. The van der Waals surface area contributed by atoms with Crippen LogP contribution in [0, 0.1) is 12.8 Å². The molecule has 1 fully saturated rings. The van der Waals surface area contributed by atoms with Gasteiger partial charge in [0.05, 0.1) is 5.92 Å². The van der Waals surface area contributed by atoms with Gasteiger partial charge in [0.15, 0.2) is 17.2 Å². The molecule has 3 heterocycles. The van der Waals surface area contributed by atoms with Gasteiger partial charge in [-0.15, -0.1) is 0 Å². The number of rotatable bonds is 7. The highest BCUT2D eigenvalue weighted by molar-refractivity contribution is 5.79. The maximum absolute atomic E-state index is 14.3. The molecule has 6 rings (SSSR count). The molecule has 1 aliphatic carbocycles. The van der Waals surface area contributed by atoms with Crippen molar-refractivity contribution in [2.24, 2.45) is 5.92 Å². The highest BCUT2D eigenvalue weighted by atomic mass is 19.4. The molecule has 4 aromatic rings. The number of piperidine rings is 1. The summed E-state index contributed by atoms with van der Waals surface area (Å²) in [5.74, 6) is -0.950. The van der Waals surface area contributed by atoms with E-state index in [0.29, 0.717) is 41.8 Å². The number of carbonyl (C=O) groups excluding carboxylic acids is 1. The second-order valence-electron chi connectivity index (χ2n) is 11.2. The standard InChI is InChI=1S/C32H32F3N3O5/c1-3-38-13-7-10-21(16-38)31(40)41-17-25(39)23-15-20-11-12-22-27(24(20)14-18(23)2)36-43-30(22)28-26(32(33,34)35)29(42-37-28)19-8-5-4-6-9-19/h4-6,8-9,14-15,21,25,39H,3,7,10-13,16-17H2,1-2H3. The maximum atomic E-state index is 14.3. The average molecular weight is 596 g/mol. The number of carbonyl (C=O) groups is 1. The van der Waals surface area contributed by atoms with Gasteiger partial charge in [-0.2, -0.15) is 13.2 Å². The van der Waals surface area contributed by atoms with Gasteiger partial charge < -0.3 is 23.8 Å². The number of nitrogens with zero attached hydrogens (tertiary/aromatic N) is 3. The molecule has 8 nitrogen and oxygen atoms in total. The third-order valence-electron chi connectivity index (χ3n) is 8.43. The first-order chi connectivity index (χ1) is 20.7. The van der Waals surface area contributed by atoms with Crippen molar-refractivity contribution in [3.63, 3.8) is 0 Å². The molecular formula is C32H32F3N3O5. The van der Waals surface area contributed by atoms with E-state index in [-0.39, 0.29) is 35.6 Å². The lowest BCUT2D eigenvalue weighted by Gasteiger charge is -2.30. The van der Waals surface area contributed by atoms with Crippen LogP contribution >= 0.6 is 0 Å². The van der Waals surface area contributed by atoms with E-state index in [9.17, 15) is 23.1 Å². The van der Waals surface area contributed by atoms with Crippen LogP contribution < -0.4 is 0 Å². The van der Waals surface area contributed by atoms with Crippen LogP contribution in [0.4, 0.5) is 13.2 Å². The Balaban J connectivity index is 1.25. The van der Waals surface area contributed by atoms with E-state index in [1.807, 2.05) is 19.1 Å². The highest BCUT2D eigenvalue weighted by Gasteiger charge is 2.43. The minimum Gasteiger partial charge on any atom is -0.462 e. The molecule has 11 heteroatoms. The van der Waals surface area contributed by atoms with Gasteiger partial charge in [0.1, 0.15) is 24.0 Å². The fraction of sp³-hybridized carbons (Fsp3) is 0.406. The van der Waals surface area contributed by atoms with Gasteiger partial charge in [0.2, 0.25) is 0 Å². The van der Waals surface area contributed by atoms with Gasteiger partial charge in [-0.05, 0) is 68.5 Å². The number of ether oxygens (including phenoxy) is 1. The number of hydrogen-bond donors (Lipinski definition) is 1. The van der Waals surface area contributed by atoms with Gasteiger partial charge in [0.25, 0.3) is 0 Å². The smallest absolute Gasteiger partial charge is 0.422 e. The van der Waals surface area contributed by atoms with Crippen LogP contribution in [0.2, 0.25) is 0 Å². The Bertz CT molecular complexity index is 1630. The summed E-state index contributed by atoms with van der Waals surface area (Å²) < 4.78 is 59.1. The SMILES string of the molecule is CCN1CCCC(C(=O)OCC(O)c2cc3c(cc2C)-c2noc(-c4noc(-c5ccccc5)c4C(F)(F)F)c2CC3)C1. The Hall–Kier alpha value is -3.96. The van der Waals surface area contributed by atoms with Crippen LogP contribution in [-0.2, 0) is 28.5 Å². The molecule has 2 aliphatic rings. The summed E-state index contributed by atoms with van der Waals surface area (Å²) in [7, 11) is 0. The number of esters is 1. The summed E-state index contributed by atoms with van der Waals surface area (Å²) in [6.07, 6.45) is -3.21. The monoisotopic (exact) mass is 595 g/mol. The van der Waals surface area contributed by atoms with Gasteiger partial charge >= 0.3 is 12.1 Å². The number of likely N-dealkylation sites (tertiary alicyclic amines) is 1. The average Bonchev–Trinajstić information content (AvgIpc) is 3.65. The first-order valence-corrected chi connectivity index (χ1v) is 14.5. The summed E-state index contributed by atoms with van der Waals surface area (Å²) >= 11 is 0. The molecule has 0 spiro atoms. The number of aliphatic hydroxyl groups is 1. The number of fused-ring (bicyclic) bond motifs is 3. The lowest BCUT2D eigenvalue weighted by molar-refractivity contribution is -0.153. The molecule has 1 saturated heterocycles. The number of halogens is 3. The Kier molecular flexibility index (Phi) is 7.87. The minimum absolute atomic E-state index is 0.0723. The fourth-order valence-corrected chi connectivity index (χ4v) is 6.16. The quantitative estimate of drug-likeness (QED) is 0.245. The largest absolute Gasteiger partial charge is 0.462 e. The molecule has 2 unspecified atom stereocenters. The van der Waals surface area contributed by atoms with E-state index >= 15 is 0 Å². The van der Waals surface area contributed by atoms with Crippen LogP contribution in [0.15, 0.2) is 51.5 Å². The third kappa shape index (κ3) is 5.59. The second-order valence-corrected chi connectivity index (χ2v) is 11.2. The number of benzene rings is 2. The summed E-state index contributed by atoms with van der Waals surface area (Å²) in [4.78, 5) is 14.9. The molecule has 2 aromatic carbocycles. The minimum atomic E-state index is -4.75. The third-order valence-corrected chi connectivity index (χ3v) is 8.43. The zero-order valence-corrected chi connectivity index (χ0v) is 23.9. The van der Waals surface area contributed by atoms with Crippen LogP contribution in [0.5, 0.6) is 0 Å². The maximum Gasteiger partial charge on any atom is 0.422 e. The summed E-state index contributed by atoms with van der Waals surface area (Å²) in [6, 6.07) is 11.7. The lowest BCUT2D eigenvalue weighted by atomic mass is 9.85. The first kappa shape index (κ1) is 29.1. The van der Waals surface area contributed by atoms with E-state index in [2.05, 4.69) is 22.1 Å². The van der Waals surface area contributed by atoms with Crippen molar-refractivity contribution < 1.29 is 36.9 Å². The van der Waals surface area contributed by atoms with Crippen molar-refractivity contribution in [3.05, 3.63) is 70.3 Å². The van der Waals surface area contributed by atoms with E-state index in [1.165, 1.54) is 12.1 Å². The zero-order chi connectivity index (χ0) is 30.3. The molecule has 226 valence electrons. The summed E-state index contributed by atoms with van der Waals surface area (Å²) in [5, 5.41) is 18.9. The molecular weight excluding hydrogens is 563 g/mol. The molecule has 0 amide bonds. The van der Waals surface area contributed by atoms with Gasteiger partial charge in [-0.25, -0.2) is 0 Å². The van der Waals surface area contributed by atoms with Crippen molar-refractivity contribution >= 4 is 5.97 Å². The van der Waals surface area contributed by atoms with E-state index in [1.54, 1.807) is 18.2 Å². The Morgan fingerprint density at radius 3 is 2.60 bits per heavy atom. The molecule has 0 saturated carbocycles. The molecule has 0 radical (unpaired) electrons. The number of aryl methyl sites for hydroxylation is 2. The number of aromatic nitrogens is 2. The van der Waals surface area contributed by atoms with Crippen molar-refractivity contribution in [1.82, 2.24) is 15.2 Å². The zero-order valence-electron chi connectivity index (χ0n) is 23.9. The highest BCUT2D eigenvalue weighted by Crippen LogP contribution is 2.47. The number of hydrogen-bond acceptors (Lipinski definition) is 8. The molecule has 1 N–H and O–H groups in total. The van der Waals surface area contributed by atoms with Gasteiger partial charge in [0, 0.05) is 23.2 Å². The predicted octanol–water partition coefficient (Wildman–Crippen LogP) is 6.40. The van der Waals surface area contributed by atoms with Gasteiger partial charge in [-0.1, -0.05) is 53.6 Å². The second kappa shape index (κ2) is 11.6. The van der Waals surface area contributed by atoms with Crippen LogP contribution in [0.25, 0.3) is 34.0 Å². The summed E-state index contributed by atoms with van der Waals surface area (Å²) in [5.41, 5.74) is 2.69. The van der Waals surface area contributed by atoms with E-state index < -0.39 is 23.5 Å². The Morgan fingerprint density at radius 2 is 1.86 bits per heavy atom. The Morgan fingerprint density at radius 1 is 1.12 bits per heavy atom. The van der Waals surface area contributed by atoms with Crippen molar-refractivity contribution in [2.75, 3.05) is 26.2 Å². The fourth-order valence-electron chi connectivity index (χ4n) is 6.16. The molecule has 43 heavy (non-hydrogen) atoms. The Labute approximate surface area is 246 Å². The number of aliphatic hydroxyl groups excluding tert-OH is 1. The normalized spacial score (nSPS) is 17.8. The first-order valence-electron chi connectivity index (χ1n) is 14.5. The van der Waals surface area contributed by atoms with Crippen LogP contribution in [-0.4, -0.2) is 52.5 Å². The number of alkyl halides is 3. The van der Waals surface area contributed by atoms with Crippen molar-refractivity contribution in [2.45, 2.75) is 51.8 Å². The predicted molar refractivity (Wildman–Crippen MR) is 151 cm³/mol. The molecule has 2 atom stereocenters. The molecule has 2 aromatic heterocycles. The van der Waals surface area contributed by atoms with Crippen molar-refractivity contribution in [1.29, 1.82) is 0 Å². The van der Waals surface area contributed by atoms with Crippen molar-refractivity contribution in [3.8, 4) is 34.0 Å². The van der Waals surface area contributed by atoms with Crippen LogP contribution in [0.3, 0.4) is 0 Å². The topological polar surface area (TPSA) is 102 Å². The van der Waals surface area contributed by atoms with Gasteiger partial charge in [-0.3, -0.25) is 4.79 Å². The van der Waals surface area contributed by atoms with Crippen LogP contribution in [0.1, 0.15) is 53.7 Å². The summed E-state index contributed by atoms with van der Waals surface area (Å²) in [6.45, 7) is 6.25. The van der Waals surface area contributed by atoms with E-state index in [4.69, 9.17) is 13.8 Å². The molecule has 1 aliphatic heterocycles. The van der Waals surface area contributed by atoms with E-state index in [0.717, 1.165) is 37.1 Å². The lowest BCUT2D eigenvalue weighted by Crippen LogP contribution is -2.39.